The third kappa shape index (κ3) is 2.71. The Bertz CT molecular complexity index is 160. The highest BCUT2D eigenvalue weighted by Gasteiger charge is 2.32. The average Bonchev–Trinajstić information content (AvgIpc) is 2.53. The van der Waals surface area contributed by atoms with Crippen LogP contribution in [0.15, 0.2) is 0 Å². The van der Waals surface area contributed by atoms with E-state index in [1.54, 1.807) is 0 Å². The summed E-state index contributed by atoms with van der Waals surface area (Å²) in [7, 11) is 0. The summed E-state index contributed by atoms with van der Waals surface area (Å²) in [6.45, 7) is 7.51. The van der Waals surface area contributed by atoms with Gasteiger partial charge in [-0.05, 0) is 25.8 Å². The summed E-state index contributed by atoms with van der Waals surface area (Å²) in [6.07, 6.45) is 8.76. The second-order valence-corrected chi connectivity index (χ2v) is 4.63. The molecule has 2 bridgehead atoms. The first-order valence-electron chi connectivity index (χ1n) is 6.05. The minimum atomic E-state index is 0.557. The second kappa shape index (κ2) is 5.13. The first-order valence-corrected chi connectivity index (χ1v) is 6.05. The monoisotopic (exact) mass is 196 g/mol. The molecular formula is C12H22NO. The normalized spacial score (nSPS) is 32.4. The van der Waals surface area contributed by atoms with E-state index in [0.717, 1.165) is 6.42 Å². The molecule has 0 aromatic rings. The lowest BCUT2D eigenvalue weighted by Gasteiger charge is -2.31. The quantitative estimate of drug-likeness (QED) is 0.625. The number of likely N-dealkylation sites (tertiary alicyclic amines) is 1. The van der Waals surface area contributed by atoms with Crippen molar-refractivity contribution in [1.82, 2.24) is 4.90 Å². The van der Waals surface area contributed by atoms with Gasteiger partial charge in [0.05, 0.1) is 12.2 Å². The molecule has 14 heavy (non-hydrogen) atoms. The highest BCUT2D eigenvalue weighted by molar-refractivity contribution is 4.84. The van der Waals surface area contributed by atoms with Crippen molar-refractivity contribution < 1.29 is 4.74 Å². The number of rotatable bonds is 5. The highest BCUT2D eigenvalue weighted by Crippen LogP contribution is 2.26. The van der Waals surface area contributed by atoms with Gasteiger partial charge in [0.2, 0.25) is 0 Å². The van der Waals surface area contributed by atoms with Crippen LogP contribution in [-0.4, -0.2) is 36.7 Å². The van der Waals surface area contributed by atoms with Crippen molar-refractivity contribution >= 4 is 0 Å². The number of ether oxygens (including phenoxy) is 1. The fourth-order valence-corrected chi connectivity index (χ4v) is 2.57. The standard InChI is InChI=1S/C12H22NO/c1-2-3-4-5-8-13-9-11-6-7-12(10-13)14-11/h11-12H,1-10H2. The van der Waals surface area contributed by atoms with Crippen molar-refractivity contribution in [3.8, 4) is 0 Å². The maximum atomic E-state index is 5.80. The van der Waals surface area contributed by atoms with Gasteiger partial charge in [-0.1, -0.05) is 26.2 Å². The van der Waals surface area contributed by atoms with E-state index >= 15 is 0 Å². The predicted octanol–water partition coefficient (Wildman–Crippen LogP) is 2.24. The van der Waals surface area contributed by atoms with Crippen LogP contribution in [0.25, 0.3) is 0 Å². The Kier molecular flexibility index (Phi) is 3.82. The molecule has 1 radical (unpaired) electrons. The van der Waals surface area contributed by atoms with E-state index in [9.17, 15) is 0 Å². The van der Waals surface area contributed by atoms with Crippen molar-refractivity contribution in [3.05, 3.63) is 6.92 Å². The van der Waals surface area contributed by atoms with Gasteiger partial charge >= 0.3 is 0 Å². The Morgan fingerprint density at radius 1 is 1.07 bits per heavy atom. The molecular weight excluding hydrogens is 174 g/mol. The van der Waals surface area contributed by atoms with Gasteiger partial charge in [-0.25, -0.2) is 0 Å². The third-order valence-electron chi connectivity index (χ3n) is 3.34. The van der Waals surface area contributed by atoms with Crippen LogP contribution in [0.5, 0.6) is 0 Å². The van der Waals surface area contributed by atoms with Crippen LogP contribution in [-0.2, 0) is 4.74 Å². The Morgan fingerprint density at radius 2 is 1.79 bits per heavy atom. The fourth-order valence-electron chi connectivity index (χ4n) is 2.57. The van der Waals surface area contributed by atoms with Gasteiger partial charge in [0, 0.05) is 13.1 Å². The molecule has 2 rings (SSSR count). The Balaban J connectivity index is 1.62. The number of hydrogen-bond acceptors (Lipinski definition) is 2. The molecule has 2 unspecified atom stereocenters. The van der Waals surface area contributed by atoms with Crippen molar-refractivity contribution in [2.24, 2.45) is 0 Å². The summed E-state index contributed by atoms with van der Waals surface area (Å²) in [4.78, 5) is 2.59. The zero-order valence-electron chi connectivity index (χ0n) is 9.08. The van der Waals surface area contributed by atoms with Crippen LogP contribution in [0.4, 0.5) is 0 Å². The van der Waals surface area contributed by atoms with Gasteiger partial charge < -0.3 is 4.74 Å². The SMILES string of the molecule is [CH2]CCCCCN1CC2CCC(C1)O2. The van der Waals surface area contributed by atoms with Gasteiger partial charge in [-0.2, -0.15) is 0 Å². The summed E-state index contributed by atoms with van der Waals surface area (Å²) in [5.41, 5.74) is 0. The highest BCUT2D eigenvalue weighted by atomic mass is 16.5. The topological polar surface area (TPSA) is 12.5 Å². The number of fused-ring (bicyclic) bond motifs is 2. The van der Waals surface area contributed by atoms with E-state index in [4.69, 9.17) is 4.74 Å². The molecule has 0 saturated carbocycles. The minimum Gasteiger partial charge on any atom is -0.372 e. The average molecular weight is 196 g/mol. The van der Waals surface area contributed by atoms with E-state index < -0.39 is 0 Å². The lowest BCUT2D eigenvalue weighted by atomic mass is 10.2. The van der Waals surface area contributed by atoms with Gasteiger partial charge in [0.25, 0.3) is 0 Å². The van der Waals surface area contributed by atoms with Crippen LogP contribution in [0.1, 0.15) is 38.5 Å². The molecule has 2 heteroatoms. The number of nitrogens with zero attached hydrogens (tertiary/aromatic N) is 1. The second-order valence-electron chi connectivity index (χ2n) is 4.63. The molecule has 0 aromatic heterocycles. The van der Waals surface area contributed by atoms with Crippen molar-refractivity contribution in [2.45, 2.75) is 50.7 Å². The first-order chi connectivity index (χ1) is 6.88. The van der Waals surface area contributed by atoms with E-state index in [1.165, 1.54) is 51.7 Å². The summed E-state index contributed by atoms with van der Waals surface area (Å²) >= 11 is 0. The van der Waals surface area contributed by atoms with E-state index in [-0.39, 0.29) is 0 Å². The predicted molar refractivity (Wildman–Crippen MR) is 58.2 cm³/mol. The zero-order chi connectivity index (χ0) is 9.80. The van der Waals surface area contributed by atoms with Crippen LogP contribution in [0.3, 0.4) is 0 Å². The number of unbranched alkanes of at least 4 members (excludes halogenated alkanes) is 3. The van der Waals surface area contributed by atoms with Gasteiger partial charge in [0.1, 0.15) is 0 Å². The molecule has 2 aliphatic heterocycles. The molecule has 0 N–H and O–H groups in total. The Labute approximate surface area is 87.6 Å². The fraction of sp³-hybridized carbons (Fsp3) is 0.917. The van der Waals surface area contributed by atoms with E-state index in [2.05, 4.69) is 11.8 Å². The molecule has 2 nitrogen and oxygen atoms in total. The molecule has 2 aliphatic rings. The van der Waals surface area contributed by atoms with Gasteiger partial charge in [0.15, 0.2) is 0 Å². The molecule has 2 saturated heterocycles. The molecule has 2 heterocycles. The summed E-state index contributed by atoms with van der Waals surface area (Å²) in [5.74, 6) is 0. The van der Waals surface area contributed by atoms with Crippen LogP contribution in [0.2, 0.25) is 0 Å². The lowest BCUT2D eigenvalue weighted by Crippen LogP contribution is -2.42. The molecule has 81 valence electrons. The van der Waals surface area contributed by atoms with Crippen LogP contribution < -0.4 is 0 Å². The smallest absolute Gasteiger partial charge is 0.0707 e. The molecule has 2 atom stereocenters. The molecule has 0 amide bonds. The lowest BCUT2D eigenvalue weighted by molar-refractivity contribution is -0.0385. The van der Waals surface area contributed by atoms with Gasteiger partial charge in [-0.15, -0.1) is 0 Å². The Hall–Kier alpha value is -0.0800. The maximum absolute atomic E-state index is 5.80. The van der Waals surface area contributed by atoms with Crippen molar-refractivity contribution in [2.75, 3.05) is 19.6 Å². The number of morpholine rings is 1. The minimum absolute atomic E-state index is 0.557. The van der Waals surface area contributed by atoms with E-state index in [1.807, 2.05) is 0 Å². The third-order valence-corrected chi connectivity index (χ3v) is 3.34. The van der Waals surface area contributed by atoms with E-state index in [0.29, 0.717) is 12.2 Å². The van der Waals surface area contributed by atoms with Crippen molar-refractivity contribution in [3.63, 3.8) is 0 Å². The van der Waals surface area contributed by atoms with Crippen LogP contribution in [0, 0.1) is 6.92 Å². The van der Waals surface area contributed by atoms with Gasteiger partial charge in [-0.3, -0.25) is 4.90 Å². The largest absolute Gasteiger partial charge is 0.372 e. The zero-order valence-corrected chi connectivity index (χ0v) is 9.08. The summed E-state index contributed by atoms with van der Waals surface area (Å²) in [5, 5.41) is 0. The summed E-state index contributed by atoms with van der Waals surface area (Å²) in [6, 6.07) is 0. The molecule has 0 aliphatic carbocycles. The maximum Gasteiger partial charge on any atom is 0.0707 e. The Morgan fingerprint density at radius 3 is 2.43 bits per heavy atom. The summed E-state index contributed by atoms with van der Waals surface area (Å²) < 4.78 is 5.80. The van der Waals surface area contributed by atoms with Crippen molar-refractivity contribution in [1.29, 1.82) is 0 Å². The number of hydrogen-bond donors (Lipinski definition) is 0. The molecule has 0 aromatic carbocycles. The van der Waals surface area contributed by atoms with Crippen LogP contribution >= 0.6 is 0 Å². The molecule has 2 fully saturated rings. The molecule has 0 spiro atoms. The first kappa shape index (κ1) is 10.4.